The molecule has 80 heavy (non-hydrogen) atoms. The van der Waals surface area contributed by atoms with Gasteiger partial charge < -0.3 is 14.2 Å². The van der Waals surface area contributed by atoms with Crippen LogP contribution in [0.5, 0.6) is 0 Å². The fraction of sp³-hybridized carbons (Fsp3) is 0.770. The molecule has 0 aliphatic carbocycles. The molecule has 0 heterocycles. The normalized spacial score (nSPS) is 12.6. The average Bonchev–Trinajstić information content (AvgIpc) is 3.46. The monoisotopic (exact) mass is 1110 g/mol. The highest BCUT2D eigenvalue weighted by molar-refractivity contribution is 5.71. The van der Waals surface area contributed by atoms with Gasteiger partial charge in [0.2, 0.25) is 0 Å². The first-order valence-corrected chi connectivity index (χ1v) is 34.6. The van der Waals surface area contributed by atoms with Crippen molar-refractivity contribution >= 4 is 17.9 Å². The standard InChI is InChI=1S/C74H130O6/c1-4-7-10-13-16-19-22-24-26-28-30-32-34-35-36-37-38-39-41-42-44-46-48-50-52-55-58-61-64-67-73(76)79-70-71(69-78-72(75)66-63-60-57-54-21-18-15-12-9-6-3)80-74(77)68-65-62-59-56-53-51-49-47-45-43-40-33-31-29-27-25-23-20-17-14-11-8-5-2/h7,10,12,15-16,19,24,26,30,32,35-36,38-39,71H,4-6,8-9,11,13-14,17-18,20-23,25,27-29,31,33-34,37,40-70H2,1-3H3/b10-7-,15-12-,19-16-,26-24-,32-30-,36-35-,39-38-. The van der Waals surface area contributed by atoms with Crippen LogP contribution in [0.4, 0.5) is 0 Å². The minimum Gasteiger partial charge on any atom is -0.462 e. The highest BCUT2D eigenvalue weighted by Crippen LogP contribution is 2.18. The average molecular weight is 1120 g/mol. The van der Waals surface area contributed by atoms with Crippen LogP contribution in [0.25, 0.3) is 0 Å². The Kier molecular flexibility index (Phi) is 65.2. The van der Waals surface area contributed by atoms with E-state index in [1.54, 1.807) is 0 Å². The summed E-state index contributed by atoms with van der Waals surface area (Å²) in [6.07, 6.45) is 90.5. The molecule has 0 aromatic rings. The number of ether oxygens (including phenoxy) is 3. The lowest BCUT2D eigenvalue weighted by atomic mass is 10.0. The number of rotatable bonds is 63. The lowest BCUT2D eigenvalue weighted by Crippen LogP contribution is -2.30. The smallest absolute Gasteiger partial charge is 0.306 e. The van der Waals surface area contributed by atoms with E-state index >= 15 is 0 Å². The fourth-order valence-electron chi connectivity index (χ4n) is 9.98. The van der Waals surface area contributed by atoms with E-state index in [9.17, 15) is 14.4 Å². The van der Waals surface area contributed by atoms with Crippen LogP contribution >= 0.6 is 0 Å². The summed E-state index contributed by atoms with van der Waals surface area (Å²) in [5, 5.41) is 0. The fourth-order valence-corrected chi connectivity index (χ4v) is 9.98. The first-order chi connectivity index (χ1) is 39.5. The van der Waals surface area contributed by atoms with Crippen molar-refractivity contribution in [2.24, 2.45) is 0 Å². The predicted octanol–water partition coefficient (Wildman–Crippen LogP) is 23.8. The molecule has 0 N–H and O–H groups in total. The van der Waals surface area contributed by atoms with Crippen molar-refractivity contribution in [2.75, 3.05) is 13.2 Å². The second-order valence-corrected chi connectivity index (χ2v) is 23.1. The van der Waals surface area contributed by atoms with Gasteiger partial charge in [0.05, 0.1) is 0 Å². The maximum atomic E-state index is 12.9. The lowest BCUT2D eigenvalue weighted by molar-refractivity contribution is -0.167. The first-order valence-electron chi connectivity index (χ1n) is 34.6. The van der Waals surface area contributed by atoms with E-state index in [1.807, 2.05) is 0 Å². The molecule has 0 fully saturated rings. The quantitative estimate of drug-likeness (QED) is 0.0261. The van der Waals surface area contributed by atoms with Gasteiger partial charge in [-0.25, -0.2) is 0 Å². The summed E-state index contributed by atoms with van der Waals surface area (Å²) in [6, 6.07) is 0. The number of allylic oxidation sites excluding steroid dienone is 14. The van der Waals surface area contributed by atoms with Gasteiger partial charge in [-0.1, -0.05) is 324 Å². The minimum absolute atomic E-state index is 0.0780. The van der Waals surface area contributed by atoms with Crippen molar-refractivity contribution in [1.82, 2.24) is 0 Å². The zero-order chi connectivity index (χ0) is 57.8. The second-order valence-electron chi connectivity index (χ2n) is 23.1. The Balaban J connectivity index is 4.19. The van der Waals surface area contributed by atoms with Crippen LogP contribution in [0.3, 0.4) is 0 Å². The summed E-state index contributed by atoms with van der Waals surface area (Å²) in [4.78, 5) is 38.3. The van der Waals surface area contributed by atoms with Crippen molar-refractivity contribution < 1.29 is 28.6 Å². The van der Waals surface area contributed by atoms with Crippen molar-refractivity contribution in [3.05, 3.63) is 85.1 Å². The molecule has 462 valence electrons. The summed E-state index contributed by atoms with van der Waals surface area (Å²) < 4.78 is 16.9. The molecule has 0 aliphatic heterocycles. The van der Waals surface area contributed by atoms with Gasteiger partial charge in [-0.3, -0.25) is 14.4 Å². The Labute approximate surface area is 496 Å². The van der Waals surface area contributed by atoms with Crippen LogP contribution in [0.15, 0.2) is 85.1 Å². The molecule has 6 heteroatoms. The third kappa shape index (κ3) is 65.4. The van der Waals surface area contributed by atoms with E-state index < -0.39 is 6.10 Å². The number of esters is 3. The zero-order valence-corrected chi connectivity index (χ0v) is 53.1. The maximum absolute atomic E-state index is 12.9. The number of hydrogen-bond donors (Lipinski definition) is 0. The summed E-state index contributed by atoms with van der Waals surface area (Å²) in [6.45, 7) is 6.50. The summed E-state index contributed by atoms with van der Waals surface area (Å²) in [7, 11) is 0. The van der Waals surface area contributed by atoms with Crippen molar-refractivity contribution in [1.29, 1.82) is 0 Å². The SMILES string of the molecule is CC/C=C\C/C=C\C/C=C\C/C=C\C/C=C\C/C=C\CCCCCCCCCCCCC(=O)OCC(COC(=O)CCCCCCC/C=C\CCC)OC(=O)CCCCCCCCCCCCCCCCCCCCCCCCC. The van der Waals surface area contributed by atoms with E-state index in [2.05, 4.69) is 106 Å². The second kappa shape index (κ2) is 68.1. The highest BCUT2D eigenvalue weighted by Gasteiger charge is 2.19. The molecule has 1 atom stereocenters. The zero-order valence-electron chi connectivity index (χ0n) is 53.1. The topological polar surface area (TPSA) is 78.9 Å². The van der Waals surface area contributed by atoms with Crippen LogP contribution in [0.1, 0.15) is 348 Å². The van der Waals surface area contributed by atoms with Gasteiger partial charge in [0.25, 0.3) is 0 Å². The molecule has 0 radical (unpaired) electrons. The van der Waals surface area contributed by atoms with Crippen molar-refractivity contribution in [3.8, 4) is 0 Å². The number of hydrogen-bond acceptors (Lipinski definition) is 6. The van der Waals surface area contributed by atoms with Gasteiger partial charge in [0.15, 0.2) is 6.10 Å². The summed E-state index contributed by atoms with van der Waals surface area (Å²) in [5.74, 6) is -0.875. The third-order valence-electron chi connectivity index (χ3n) is 15.1. The molecule has 0 amide bonds. The van der Waals surface area contributed by atoms with Crippen LogP contribution in [-0.2, 0) is 28.6 Å². The maximum Gasteiger partial charge on any atom is 0.306 e. The Bertz CT molecular complexity index is 1520. The van der Waals surface area contributed by atoms with Gasteiger partial charge in [0.1, 0.15) is 13.2 Å². The molecule has 0 aliphatic rings. The van der Waals surface area contributed by atoms with Crippen molar-refractivity contribution in [2.45, 2.75) is 354 Å². The predicted molar refractivity (Wildman–Crippen MR) is 348 cm³/mol. The lowest BCUT2D eigenvalue weighted by Gasteiger charge is -2.18. The van der Waals surface area contributed by atoms with Crippen LogP contribution in [0.2, 0.25) is 0 Å². The molecular formula is C74H130O6. The van der Waals surface area contributed by atoms with Gasteiger partial charge in [-0.15, -0.1) is 0 Å². The Morgan fingerprint density at radius 2 is 0.512 bits per heavy atom. The van der Waals surface area contributed by atoms with Crippen LogP contribution in [0, 0.1) is 0 Å². The number of unbranched alkanes of at least 4 members (excludes halogenated alkanes) is 38. The van der Waals surface area contributed by atoms with E-state index in [0.717, 1.165) is 109 Å². The minimum atomic E-state index is -0.780. The highest BCUT2D eigenvalue weighted by atomic mass is 16.6. The van der Waals surface area contributed by atoms with Gasteiger partial charge in [-0.05, 0) is 89.9 Å². The van der Waals surface area contributed by atoms with Crippen LogP contribution in [-0.4, -0.2) is 37.2 Å². The Morgan fingerprint density at radius 3 is 0.825 bits per heavy atom. The molecule has 0 spiro atoms. The Hall–Kier alpha value is -3.41. The largest absolute Gasteiger partial charge is 0.462 e. The van der Waals surface area contributed by atoms with E-state index in [4.69, 9.17) is 14.2 Å². The van der Waals surface area contributed by atoms with Crippen molar-refractivity contribution in [3.63, 3.8) is 0 Å². The molecule has 0 bridgehead atoms. The number of carbonyl (C=O) groups is 3. The van der Waals surface area contributed by atoms with E-state index in [-0.39, 0.29) is 31.1 Å². The summed E-state index contributed by atoms with van der Waals surface area (Å²) in [5.41, 5.74) is 0. The van der Waals surface area contributed by atoms with Crippen LogP contribution < -0.4 is 0 Å². The van der Waals surface area contributed by atoms with E-state index in [0.29, 0.717) is 19.3 Å². The third-order valence-corrected chi connectivity index (χ3v) is 15.1. The van der Waals surface area contributed by atoms with E-state index in [1.165, 1.54) is 199 Å². The molecule has 0 saturated heterocycles. The molecule has 6 nitrogen and oxygen atoms in total. The Morgan fingerprint density at radius 1 is 0.263 bits per heavy atom. The molecule has 0 saturated carbocycles. The van der Waals surface area contributed by atoms with Gasteiger partial charge in [0, 0.05) is 19.3 Å². The number of carbonyl (C=O) groups excluding carboxylic acids is 3. The molecule has 0 rings (SSSR count). The first kappa shape index (κ1) is 76.6. The summed E-state index contributed by atoms with van der Waals surface area (Å²) >= 11 is 0. The molecule has 0 aromatic heterocycles. The molecule has 1 unspecified atom stereocenters. The van der Waals surface area contributed by atoms with Gasteiger partial charge in [-0.2, -0.15) is 0 Å². The molecule has 0 aromatic carbocycles. The molecular weight excluding hydrogens is 985 g/mol. The van der Waals surface area contributed by atoms with Gasteiger partial charge >= 0.3 is 17.9 Å².